The van der Waals surface area contributed by atoms with Crippen LogP contribution < -0.4 is 5.32 Å². The number of thioether (sulfide) groups is 1. The van der Waals surface area contributed by atoms with Crippen molar-refractivity contribution in [2.45, 2.75) is 31.0 Å². The van der Waals surface area contributed by atoms with E-state index in [0.29, 0.717) is 6.04 Å². The molecule has 4 heteroatoms. The van der Waals surface area contributed by atoms with Crippen molar-refractivity contribution in [3.63, 3.8) is 0 Å². The Morgan fingerprint density at radius 1 is 1.43 bits per heavy atom. The molecule has 0 spiro atoms. The lowest BCUT2D eigenvalue weighted by molar-refractivity contribution is 0.559. The zero-order valence-corrected chi connectivity index (χ0v) is 9.55. The molecule has 0 aromatic carbocycles. The summed E-state index contributed by atoms with van der Waals surface area (Å²) in [4.78, 5) is 8.30. The fraction of sp³-hybridized carbons (Fsp3) is 0.600. The average molecular weight is 211 g/mol. The first kappa shape index (κ1) is 11.5. The van der Waals surface area contributed by atoms with Crippen molar-refractivity contribution < 1.29 is 0 Å². The van der Waals surface area contributed by atoms with Gasteiger partial charge < -0.3 is 5.32 Å². The van der Waals surface area contributed by atoms with Crippen molar-refractivity contribution in [1.29, 1.82) is 0 Å². The number of aromatic nitrogens is 2. The zero-order chi connectivity index (χ0) is 10.2. The number of nitrogens with zero attached hydrogens (tertiary/aromatic N) is 2. The lowest BCUT2D eigenvalue weighted by Gasteiger charge is -2.08. The Kier molecular flexibility index (Phi) is 5.56. The molecule has 1 rings (SSSR count). The Labute approximate surface area is 89.7 Å². The minimum absolute atomic E-state index is 0.604. The molecule has 0 saturated heterocycles. The molecule has 14 heavy (non-hydrogen) atoms. The lowest BCUT2D eigenvalue weighted by Crippen LogP contribution is -2.20. The predicted octanol–water partition coefficient (Wildman–Crippen LogP) is 1.96. The molecule has 78 valence electrons. The van der Waals surface area contributed by atoms with Crippen LogP contribution in [0.15, 0.2) is 23.6 Å². The first-order valence-electron chi connectivity index (χ1n) is 4.90. The van der Waals surface area contributed by atoms with Crippen LogP contribution in [-0.2, 0) is 0 Å². The van der Waals surface area contributed by atoms with Crippen LogP contribution in [0.5, 0.6) is 0 Å². The van der Waals surface area contributed by atoms with E-state index in [-0.39, 0.29) is 0 Å². The van der Waals surface area contributed by atoms with E-state index < -0.39 is 0 Å². The number of nitrogens with one attached hydrogen (secondary N) is 1. The standard InChI is InChI=1S/C10H17N3S/c1-9(11-2)5-3-8-14-10-12-6-4-7-13-10/h4,6-7,9,11H,3,5,8H2,1-2H3. The van der Waals surface area contributed by atoms with Gasteiger partial charge in [0, 0.05) is 24.2 Å². The first-order chi connectivity index (χ1) is 6.83. The summed E-state index contributed by atoms with van der Waals surface area (Å²) in [5.74, 6) is 1.09. The van der Waals surface area contributed by atoms with Crippen molar-refractivity contribution in [3.8, 4) is 0 Å². The van der Waals surface area contributed by atoms with E-state index in [0.717, 1.165) is 10.9 Å². The molecule has 3 nitrogen and oxygen atoms in total. The van der Waals surface area contributed by atoms with Gasteiger partial charge in [0.05, 0.1) is 0 Å². The highest BCUT2D eigenvalue weighted by Gasteiger charge is 1.99. The first-order valence-corrected chi connectivity index (χ1v) is 5.88. The molecule has 0 aliphatic rings. The summed E-state index contributed by atoms with van der Waals surface area (Å²) in [6.07, 6.45) is 5.97. The van der Waals surface area contributed by atoms with Crippen LogP contribution in [0.2, 0.25) is 0 Å². The van der Waals surface area contributed by atoms with Gasteiger partial charge in [-0.15, -0.1) is 0 Å². The van der Waals surface area contributed by atoms with Crippen LogP contribution in [0, 0.1) is 0 Å². The van der Waals surface area contributed by atoms with Crippen molar-refractivity contribution in [2.24, 2.45) is 0 Å². The van der Waals surface area contributed by atoms with E-state index in [1.54, 1.807) is 24.2 Å². The third-order valence-electron chi connectivity index (χ3n) is 2.05. The molecule has 0 radical (unpaired) electrons. The molecule has 1 aromatic heterocycles. The van der Waals surface area contributed by atoms with E-state index in [4.69, 9.17) is 0 Å². The molecule has 1 atom stereocenters. The fourth-order valence-corrected chi connectivity index (χ4v) is 1.82. The molecule has 0 aliphatic carbocycles. The molecule has 0 aliphatic heterocycles. The van der Waals surface area contributed by atoms with Crippen molar-refractivity contribution in [1.82, 2.24) is 15.3 Å². The zero-order valence-electron chi connectivity index (χ0n) is 8.73. The van der Waals surface area contributed by atoms with E-state index in [2.05, 4.69) is 22.2 Å². The van der Waals surface area contributed by atoms with Crippen LogP contribution in [0.25, 0.3) is 0 Å². The summed E-state index contributed by atoms with van der Waals surface area (Å²) < 4.78 is 0. The van der Waals surface area contributed by atoms with Gasteiger partial charge in [-0.2, -0.15) is 0 Å². The van der Waals surface area contributed by atoms with Gasteiger partial charge in [-0.05, 0) is 32.9 Å². The monoisotopic (exact) mass is 211 g/mol. The Hall–Kier alpha value is -0.610. The molecule has 0 saturated carbocycles. The summed E-state index contributed by atoms with van der Waals surface area (Å²) in [7, 11) is 2.00. The SMILES string of the molecule is CNC(C)CCCSc1ncccn1. The highest BCUT2D eigenvalue weighted by atomic mass is 32.2. The predicted molar refractivity (Wildman–Crippen MR) is 60.5 cm³/mol. The number of rotatable bonds is 6. The quantitative estimate of drug-likeness (QED) is 0.443. The highest BCUT2D eigenvalue weighted by Crippen LogP contribution is 2.13. The smallest absolute Gasteiger partial charge is 0.187 e. The summed E-state index contributed by atoms with van der Waals surface area (Å²) in [5.41, 5.74) is 0. The molecular formula is C10H17N3S. The Morgan fingerprint density at radius 3 is 2.79 bits per heavy atom. The number of hydrogen-bond donors (Lipinski definition) is 1. The second kappa shape index (κ2) is 6.79. The third kappa shape index (κ3) is 4.58. The molecule has 1 unspecified atom stereocenters. The highest BCUT2D eigenvalue weighted by molar-refractivity contribution is 7.99. The van der Waals surface area contributed by atoms with Gasteiger partial charge in [0.1, 0.15) is 0 Å². The van der Waals surface area contributed by atoms with Crippen LogP contribution in [0.4, 0.5) is 0 Å². The second-order valence-electron chi connectivity index (χ2n) is 3.21. The van der Waals surface area contributed by atoms with Crippen LogP contribution >= 0.6 is 11.8 Å². The normalized spacial score (nSPS) is 12.7. The van der Waals surface area contributed by atoms with Gasteiger partial charge in [-0.3, -0.25) is 0 Å². The van der Waals surface area contributed by atoms with Crippen LogP contribution in [-0.4, -0.2) is 28.8 Å². The van der Waals surface area contributed by atoms with Crippen molar-refractivity contribution in [2.75, 3.05) is 12.8 Å². The second-order valence-corrected chi connectivity index (χ2v) is 4.27. The summed E-state index contributed by atoms with van der Waals surface area (Å²) in [6, 6.07) is 2.44. The molecule has 1 N–H and O–H groups in total. The van der Waals surface area contributed by atoms with Crippen molar-refractivity contribution in [3.05, 3.63) is 18.5 Å². The molecule has 0 bridgehead atoms. The van der Waals surface area contributed by atoms with Crippen molar-refractivity contribution >= 4 is 11.8 Å². The topological polar surface area (TPSA) is 37.8 Å². The van der Waals surface area contributed by atoms with Gasteiger partial charge >= 0.3 is 0 Å². The van der Waals surface area contributed by atoms with Gasteiger partial charge in [-0.25, -0.2) is 9.97 Å². The summed E-state index contributed by atoms with van der Waals surface area (Å²) >= 11 is 1.72. The average Bonchev–Trinajstić information content (AvgIpc) is 2.25. The maximum Gasteiger partial charge on any atom is 0.187 e. The van der Waals surface area contributed by atoms with Crippen LogP contribution in [0.1, 0.15) is 19.8 Å². The Morgan fingerprint density at radius 2 is 2.14 bits per heavy atom. The minimum atomic E-state index is 0.604. The Balaban J connectivity index is 2.10. The van der Waals surface area contributed by atoms with Gasteiger partial charge in [0.2, 0.25) is 0 Å². The molecular weight excluding hydrogens is 194 g/mol. The van der Waals surface area contributed by atoms with Gasteiger partial charge in [-0.1, -0.05) is 11.8 Å². The molecule has 1 heterocycles. The number of hydrogen-bond acceptors (Lipinski definition) is 4. The molecule has 0 fully saturated rings. The molecule has 0 amide bonds. The summed E-state index contributed by atoms with van der Waals surface area (Å²) in [5, 5.41) is 4.10. The maximum atomic E-state index is 4.15. The minimum Gasteiger partial charge on any atom is -0.317 e. The van der Waals surface area contributed by atoms with E-state index in [9.17, 15) is 0 Å². The fourth-order valence-electron chi connectivity index (χ4n) is 1.06. The van der Waals surface area contributed by atoms with Gasteiger partial charge in [0.25, 0.3) is 0 Å². The lowest BCUT2D eigenvalue weighted by atomic mass is 10.2. The molecule has 1 aromatic rings. The van der Waals surface area contributed by atoms with E-state index in [1.807, 2.05) is 13.1 Å². The third-order valence-corrected chi connectivity index (χ3v) is 3.01. The van der Waals surface area contributed by atoms with Gasteiger partial charge in [0.15, 0.2) is 5.16 Å². The Bertz CT molecular complexity index is 240. The maximum absolute atomic E-state index is 4.15. The summed E-state index contributed by atoms with van der Waals surface area (Å²) in [6.45, 7) is 2.20. The van der Waals surface area contributed by atoms with E-state index in [1.165, 1.54) is 12.8 Å². The largest absolute Gasteiger partial charge is 0.317 e. The van der Waals surface area contributed by atoms with Crippen LogP contribution in [0.3, 0.4) is 0 Å². The van der Waals surface area contributed by atoms with E-state index >= 15 is 0 Å².